The van der Waals surface area contributed by atoms with E-state index >= 15 is 0 Å². The lowest BCUT2D eigenvalue weighted by molar-refractivity contribution is -0.0102. The van der Waals surface area contributed by atoms with Crippen LogP contribution in [0.5, 0.6) is 0 Å². The summed E-state index contributed by atoms with van der Waals surface area (Å²) in [5.74, 6) is 0.596. The normalized spacial score (nSPS) is 21.7. The number of rotatable bonds is 3. The van der Waals surface area contributed by atoms with Gasteiger partial charge in [0.2, 0.25) is 0 Å². The zero-order valence-electron chi connectivity index (χ0n) is 8.62. The van der Waals surface area contributed by atoms with Crippen LogP contribution in [0.25, 0.3) is 0 Å². The quantitative estimate of drug-likeness (QED) is 0.806. The van der Waals surface area contributed by atoms with Crippen LogP contribution >= 0.6 is 0 Å². The Morgan fingerprint density at radius 3 is 1.87 bits per heavy atom. The second-order valence-electron chi connectivity index (χ2n) is 4.88. The fourth-order valence-corrected chi connectivity index (χ4v) is 2.57. The molecule has 0 aliphatic heterocycles. The van der Waals surface area contributed by atoms with E-state index in [-0.39, 0.29) is 5.82 Å². The Morgan fingerprint density at radius 1 is 1.00 bits per heavy atom. The molecule has 0 bridgehead atoms. The third-order valence-electron chi connectivity index (χ3n) is 3.71. The molecular weight excluding hydrogens is 191 g/mol. The predicted octanol–water partition coefficient (Wildman–Crippen LogP) is 2.83. The first kappa shape index (κ1) is 9.34. The minimum Gasteiger partial charge on any atom is -0.385 e. The topological polar surface area (TPSA) is 20.2 Å². The molecule has 0 saturated heterocycles. The van der Waals surface area contributed by atoms with Crippen LogP contribution in [0, 0.1) is 17.7 Å². The number of hydrogen-bond acceptors (Lipinski definition) is 1. The summed E-state index contributed by atoms with van der Waals surface area (Å²) in [5.41, 5.74) is 0.252. The summed E-state index contributed by atoms with van der Waals surface area (Å²) in [5, 5.41) is 10.7. The molecule has 2 fully saturated rings. The highest BCUT2D eigenvalue weighted by Gasteiger charge is 2.54. The van der Waals surface area contributed by atoms with Crippen molar-refractivity contribution in [3.8, 4) is 0 Å². The van der Waals surface area contributed by atoms with Crippen LogP contribution in [0.2, 0.25) is 0 Å². The Bertz CT molecular complexity index is 351. The SMILES string of the molecule is OC(c1ccc(F)cc1)(C1CC1)C1CC1. The number of aliphatic hydroxyl groups is 1. The first-order chi connectivity index (χ1) is 7.21. The van der Waals surface area contributed by atoms with Crippen LogP contribution in [0.1, 0.15) is 31.2 Å². The van der Waals surface area contributed by atoms with E-state index in [4.69, 9.17) is 0 Å². The molecule has 1 aromatic carbocycles. The van der Waals surface area contributed by atoms with Crippen molar-refractivity contribution < 1.29 is 9.50 Å². The van der Waals surface area contributed by atoms with E-state index < -0.39 is 5.60 Å². The van der Waals surface area contributed by atoms with Gasteiger partial charge < -0.3 is 5.11 Å². The van der Waals surface area contributed by atoms with Crippen LogP contribution in [-0.2, 0) is 5.60 Å². The molecule has 3 rings (SSSR count). The van der Waals surface area contributed by atoms with Crippen molar-refractivity contribution in [2.45, 2.75) is 31.3 Å². The Morgan fingerprint density at radius 2 is 1.47 bits per heavy atom. The lowest BCUT2D eigenvalue weighted by atomic mass is 9.84. The number of benzene rings is 1. The Balaban J connectivity index is 1.97. The summed E-state index contributed by atoms with van der Waals surface area (Å²) < 4.78 is 12.8. The van der Waals surface area contributed by atoms with Gasteiger partial charge in [-0.25, -0.2) is 4.39 Å². The number of halogens is 1. The minimum absolute atomic E-state index is 0.229. The number of hydrogen-bond donors (Lipinski definition) is 1. The molecule has 15 heavy (non-hydrogen) atoms. The molecule has 0 atom stereocenters. The third kappa shape index (κ3) is 1.48. The molecule has 1 nitrogen and oxygen atoms in total. The highest BCUT2D eigenvalue weighted by atomic mass is 19.1. The molecule has 2 aliphatic carbocycles. The molecule has 0 amide bonds. The molecule has 2 saturated carbocycles. The maximum atomic E-state index is 12.8. The van der Waals surface area contributed by atoms with Crippen LogP contribution < -0.4 is 0 Å². The standard InChI is InChI=1S/C13H15FO/c14-12-7-5-11(6-8-12)13(15,9-1-2-9)10-3-4-10/h5-10,15H,1-4H2. The second-order valence-corrected chi connectivity index (χ2v) is 4.88. The van der Waals surface area contributed by atoms with Gasteiger partial charge in [-0.1, -0.05) is 12.1 Å². The van der Waals surface area contributed by atoms with Gasteiger partial charge in [-0.15, -0.1) is 0 Å². The largest absolute Gasteiger partial charge is 0.385 e. The molecule has 0 aromatic heterocycles. The molecule has 0 radical (unpaired) electrons. The van der Waals surface area contributed by atoms with Gasteiger partial charge in [0.1, 0.15) is 5.82 Å². The molecule has 80 valence electrons. The van der Waals surface area contributed by atoms with E-state index in [1.807, 2.05) is 0 Å². The van der Waals surface area contributed by atoms with Gasteiger partial charge in [0.15, 0.2) is 0 Å². The fourth-order valence-electron chi connectivity index (χ4n) is 2.57. The van der Waals surface area contributed by atoms with E-state index in [1.165, 1.54) is 12.1 Å². The molecule has 0 spiro atoms. The van der Waals surface area contributed by atoms with Crippen molar-refractivity contribution in [1.29, 1.82) is 0 Å². The van der Waals surface area contributed by atoms with E-state index in [9.17, 15) is 9.50 Å². The monoisotopic (exact) mass is 206 g/mol. The average Bonchev–Trinajstić information content (AvgIpc) is 3.07. The van der Waals surface area contributed by atoms with Crippen molar-refractivity contribution in [2.24, 2.45) is 11.8 Å². The summed E-state index contributed by atoms with van der Waals surface area (Å²) in [7, 11) is 0. The zero-order valence-corrected chi connectivity index (χ0v) is 8.62. The Hall–Kier alpha value is -0.890. The average molecular weight is 206 g/mol. The van der Waals surface area contributed by atoms with E-state index in [0.717, 1.165) is 31.2 Å². The maximum absolute atomic E-state index is 12.8. The Labute approximate surface area is 88.9 Å². The second kappa shape index (κ2) is 3.05. The van der Waals surface area contributed by atoms with E-state index in [1.54, 1.807) is 12.1 Å². The van der Waals surface area contributed by atoms with Crippen molar-refractivity contribution in [3.63, 3.8) is 0 Å². The summed E-state index contributed by atoms with van der Waals surface area (Å²) in [6.07, 6.45) is 4.46. The smallest absolute Gasteiger partial charge is 0.123 e. The van der Waals surface area contributed by atoms with Gasteiger partial charge in [0, 0.05) is 0 Å². The first-order valence-corrected chi connectivity index (χ1v) is 5.69. The minimum atomic E-state index is -0.659. The highest BCUT2D eigenvalue weighted by molar-refractivity contribution is 5.28. The van der Waals surface area contributed by atoms with Crippen LogP contribution in [0.4, 0.5) is 4.39 Å². The molecule has 1 aromatic rings. The zero-order chi connectivity index (χ0) is 10.5. The highest BCUT2D eigenvalue weighted by Crippen LogP contribution is 2.57. The molecule has 2 aliphatic rings. The first-order valence-electron chi connectivity index (χ1n) is 5.69. The van der Waals surface area contributed by atoms with Gasteiger partial charge in [0.25, 0.3) is 0 Å². The van der Waals surface area contributed by atoms with Crippen LogP contribution in [0.15, 0.2) is 24.3 Å². The van der Waals surface area contributed by atoms with Gasteiger partial charge >= 0.3 is 0 Å². The van der Waals surface area contributed by atoms with Crippen molar-refractivity contribution in [1.82, 2.24) is 0 Å². The van der Waals surface area contributed by atoms with Gasteiger partial charge in [-0.2, -0.15) is 0 Å². The lowest BCUT2D eigenvalue weighted by Gasteiger charge is -2.29. The van der Waals surface area contributed by atoms with Gasteiger partial charge in [0.05, 0.1) is 5.60 Å². The maximum Gasteiger partial charge on any atom is 0.123 e. The third-order valence-corrected chi connectivity index (χ3v) is 3.71. The van der Waals surface area contributed by atoms with Gasteiger partial charge in [-0.3, -0.25) is 0 Å². The van der Waals surface area contributed by atoms with Gasteiger partial charge in [-0.05, 0) is 55.2 Å². The van der Waals surface area contributed by atoms with Crippen LogP contribution in [-0.4, -0.2) is 5.11 Å². The summed E-state index contributed by atoms with van der Waals surface area (Å²) >= 11 is 0. The van der Waals surface area contributed by atoms with Crippen LogP contribution in [0.3, 0.4) is 0 Å². The molecule has 1 N–H and O–H groups in total. The molecular formula is C13H15FO. The van der Waals surface area contributed by atoms with E-state index in [2.05, 4.69) is 0 Å². The molecule has 0 unspecified atom stereocenters. The molecule has 2 heteroatoms. The van der Waals surface area contributed by atoms with E-state index in [0.29, 0.717) is 11.8 Å². The predicted molar refractivity (Wildman–Crippen MR) is 55.7 cm³/mol. The summed E-state index contributed by atoms with van der Waals surface area (Å²) in [4.78, 5) is 0. The Kier molecular flexibility index (Phi) is 1.90. The van der Waals surface area contributed by atoms with Crippen molar-refractivity contribution in [3.05, 3.63) is 35.6 Å². The van der Waals surface area contributed by atoms with Crippen molar-refractivity contribution >= 4 is 0 Å². The van der Waals surface area contributed by atoms with Crippen molar-refractivity contribution in [2.75, 3.05) is 0 Å². The summed E-state index contributed by atoms with van der Waals surface area (Å²) in [6, 6.07) is 6.38. The molecule has 0 heterocycles. The summed E-state index contributed by atoms with van der Waals surface area (Å²) in [6.45, 7) is 0. The lowest BCUT2D eigenvalue weighted by Crippen LogP contribution is -2.30. The fraction of sp³-hybridized carbons (Fsp3) is 0.538.